The fourth-order valence-electron chi connectivity index (χ4n) is 4.55. The van der Waals surface area contributed by atoms with Gasteiger partial charge < -0.3 is 19.5 Å². The number of likely N-dealkylation sites (N-methyl/N-ethyl adjacent to an activating group) is 1. The molecule has 1 aromatic carbocycles. The molecule has 1 aromatic heterocycles. The number of ketones is 1. The van der Waals surface area contributed by atoms with E-state index in [9.17, 15) is 9.59 Å². The first-order chi connectivity index (χ1) is 16.4. The Balaban J connectivity index is 2.39. The molecule has 1 amide bonds. The van der Waals surface area contributed by atoms with E-state index in [-0.39, 0.29) is 23.7 Å². The lowest BCUT2D eigenvalue weighted by Crippen LogP contribution is -2.34. The van der Waals surface area contributed by atoms with Crippen LogP contribution in [0.4, 0.5) is 0 Å². The van der Waals surface area contributed by atoms with Crippen LogP contribution in [0, 0.1) is 12.3 Å². The summed E-state index contributed by atoms with van der Waals surface area (Å²) in [4.78, 5) is 27.3. The van der Waals surface area contributed by atoms with Crippen LogP contribution < -0.4 is 10.1 Å². The van der Waals surface area contributed by atoms with Crippen molar-refractivity contribution in [3.05, 3.63) is 52.8 Å². The fraction of sp³-hybridized carbons (Fsp3) is 0.586. The van der Waals surface area contributed by atoms with Crippen molar-refractivity contribution in [1.82, 2.24) is 14.8 Å². The molecule has 0 aliphatic rings. The van der Waals surface area contributed by atoms with Gasteiger partial charge in [0.05, 0.1) is 0 Å². The fourth-order valence-corrected chi connectivity index (χ4v) is 4.55. The maximum atomic E-state index is 13.0. The Bertz CT molecular complexity index is 1010. The van der Waals surface area contributed by atoms with Gasteiger partial charge in [0.25, 0.3) is 5.91 Å². The molecule has 0 saturated carbocycles. The summed E-state index contributed by atoms with van der Waals surface area (Å²) >= 11 is 0. The number of Topliss-reactive ketones (excluding diaryl/α,β-unsaturated/α-hetero) is 1. The number of ether oxygens (including phenoxy) is 1. The third-order valence-electron chi connectivity index (χ3n) is 6.99. The smallest absolute Gasteiger partial charge is 0.267 e. The summed E-state index contributed by atoms with van der Waals surface area (Å²) in [6.45, 7) is 16.4. The second-order valence-corrected chi connectivity index (χ2v) is 10.6. The first kappa shape index (κ1) is 28.6. The van der Waals surface area contributed by atoms with E-state index < -0.39 is 5.41 Å². The van der Waals surface area contributed by atoms with Gasteiger partial charge in [-0.25, -0.2) is 0 Å². The summed E-state index contributed by atoms with van der Waals surface area (Å²) in [5, 5.41) is 3.05. The highest BCUT2D eigenvalue weighted by atomic mass is 16.5. The average molecular weight is 484 g/mol. The zero-order valence-corrected chi connectivity index (χ0v) is 23.2. The predicted molar refractivity (Wildman–Crippen MR) is 143 cm³/mol. The van der Waals surface area contributed by atoms with Crippen LogP contribution in [0.25, 0.3) is 0 Å². The number of aryl methyl sites for hydroxylation is 1. The number of nitrogens with zero attached hydrogens (tertiary/aromatic N) is 2. The third kappa shape index (κ3) is 6.54. The molecular formula is C29H45N3O3. The summed E-state index contributed by atoms with van der Waals surface area (Å²) in [5.41, 5.74) is 3.40. The van der Waals surface area contributed by atoms with E-state index in [2.05, 4.69) is 53.8 Å². The average Bonchev–Trinajstić information content (AvgIpc) is 3.23. The third-order valence-corrected chi connectivity index (χ3v) is 6.99. The molecule has 0 atom stereocenters. The number of aromatic nitrogens is 1. The number of benzene rings is 1. The summed E-state index contributed by atoms with van der Waals surface area (Å²) in [6, 6.07) is 10.3. The van der Waals surface area contributed by atoms with E-state index in [4.69, 9.17) is 4.74 Å². The lowest BCUT2D eigenvalue weighted by atomic mass is 9.72. The summed E-state index contributed by atoms with van der Waals surface area (Å²) in [7, 11) is 3.99. The molecule has 2 aromatic rings. The van der Waals surface area contributed by atoms with Crippen molar-refractivity contribution in [2.45, 2.75) is 73.3 Å². The van der Waals surface area contributed by atoms with Gasteiger partial charge in [-0.1, -0.05) is 46.8 Å². The van der Waals surface area contributed by atoms with Crippen molar-refractivity contribution in [2.75, 3.05) is 33.8 Å². The van der Waals surface area contributed by atoms with Crippen molar-refractivity contribution in [2.24, 2.45) is 5.41 Å². The second kappa shape index (κ2) is 11.9. The number of carbonyl (C=O) groups is 2. The summed E-state index contributed by atoms with van der Waals surface area (Å²) in [6.07, 6.45) is 1.80. The molecule has 0 aliphatic carbocycles. The number of nitrogens with one attached hydrogen (secondary N) is 1. The standard InChI is InChI=1S/C29H45N3O3/c1-10-29(11-2,22-13-15-24(21(4)19-22)35-20-26(33)28(5,6)7)25-16-14-23(32(25)12-3)27(34)30-17-18-31(8)9/h13-16,19H,10-12,17-18,20H2,1-9H3,(H,30,34). The molecule has 0 aliphatic heterocycles. The molecule has 0 saturated heterocycles. The van der Waals surface area contributed by atoms with Crippen LogP contribution in [-0.2, 0) is 16.8 Å². The maximum absolute atomic E-state index is 13.0. The Labute approximate surface area is 212 Å². The van der Waals surface area contributed by atoms with Gasteiger partial charge in [0, 0.05) is 36.2 Å². The Kier molecular flexibility index (Phi) is 9.73. The van der Waals surface area contributed by atoms with Crippen LogP contribution in [0.2, 0.25) is 0 Å². The molecule has 0 radical (unpaired) electrons. The van der Waals surface area contributed by atoms with E-state index >= 15 is 0 Å². The maximum Gasteiger partial charge on any atom is 0.267 e. The normalized spacial score (nSPS) is 12.2. The molecule has 0 spiro atoms. The van der Waals surface area contributed by atoms with Gasteiger partial charge in [0.1, 0.15) is 18.1 Å². The van der Waals surface area contributed by atoms with Gasteiger partial charge in [-0.3, -0.25) is 9.59 Å². The predicted octanol–water partition coefficient (Wildman–Crippen LogP) is 5.21. The van der Waals surface area contributed by atoms with Crippen LogP contribution in [0.1, 0.15) is 81.7 Å². The molecule has 1 heterocycles. The first-order valence-corrected chi connectivity index (χ1v) is 12.8. The minimum Gasteiger partial charge on any atom is -0.486 e. The molecule has 1 N–H and O–H groups in total. The van der Waals surface area contributed by atoms with Crippen LogP contribution >= 0.6 is 0 Å². The number of amides is 1. The Morgan fingerprint density at radius 1 is 1.03 bits per heavy atom. The number of hydrogen-bond donors (Lipinski definition) is 1. The van der Waals surface area contributed by atoms with E-state index in [1.165, 1.54) is 5.56 Å². The van der Waals surface area contributed by atoms with Crippen molar-refractivity contribution in [1.29, 1.82) is 0 Å². The van der Waals surface area contributed by atoms with Crippen molar-refractivity contribution in [3.63, 3.8) is 0 Å². The van der Waals surface area contributed by atoms with Crippen LogP contribution in [0.3, 0.4) is 0 Å². The number of rotatable bonds is 12. The van der Waals surface area contributed by atoms with Crippen molar-refractivity contribution < 1.29 is 14.3 Å². The van der Waals surface area contributed by atoms with Gasteiger partial charge in [-0.2, -0.15) is 0 Å². The molecule has 0 fully saturated rings. The minimum absolute atomic E-state index is 0.0375. The topological polar surface area (TPSA) is 63.6 Å². The molecule has 6 heteroatoms. The van der Waals surface area contributed by atoms with Gasteiger partial charge in [-0.15, -0.1) is 0 Å². The zero-order chi connectivity index (χ0) is 26.4. The van der Waals surface area contributed by atoms with Gasteiger partial charge in [0.2, 0.25) is 0 Å². The van der Waals surface area contributed by atoms with E-state index in [0.717, 1.165) is 42.9 Å². The van der Waals surface area contributed by atoms with Gasteiger partial charge in [-0.05, 0) is 70.1 Å². The number of hydrogen-bond acceptors (Lipinski definition) is 4. The van der Waals surface area contributed by atoms with E-state index in [1.807, 2.05) is 53.9 Å². The lowest BCUT2D eigenvalue weighted by Gasteiger charge is -2.34. The molecule has 6 nitrogen and oxygen atoms in total. The Morgan fingerprint density at radius 3 is 2.20 bits per heavy atom. The lowest BCUT2D eigenvalue weighted by molar-refractivity contribution is -0.128. The summed E-state index contributed by atoms with van der Waals surface area (Å²) in [5.74, 6) is 0.776. The quantitative estimate of drug-likeness (QED) is 0.450. The number of carbonyl (C=O) groups excluding carboxylic acids is 2. The molecule has 194 valence electrons. The molecule has 0 bridgehead atoms. The van der Waals surface area contributed by atoms with Gasteiger partial charge >= 0.3 is 0 Å². The van der Waals surface area contributed by atoms with Crippen LogP contribution in [-0.4, -0.2) is 54.9 Å². The Hall–Kier alpha value is -2.60. The Morgan fingerprint density at radius 2 is 1.69 bits per heavy atom. The first-order valence-electron chi connectivity index (χ1n) is 12.8. The van der Waals surface area contributed by atoms with Crippen LogP contribution in [0.15, 0.2) is 30.3 Å². The van der Waals surface area contributed by atoms with Crippen molar-refractivity contribution in [3.8, 4) is 5.75 Å². The summed E-state index contributed by atoms with van der Waals surface area (Å²) < 4.78 is 8.04. The largest absolute Gasteiger partial charge is 0.486 e. The van der Waals surface area contributed by atoms with E-state index in [1.54, 1.807) is 0 Å². The monoisotopic (exact) mass is 483 g/mol. The second-order valence-electron chi connectivity index (χ2n) is 10.6. The highest BCUT2D eigenvalue weighted by Gasteiger charge is 2.35. The van der Waals surface area contributed by atoms with Crippen LogP contribution in [0.5, 0.6) is 5.75 Å². The highest BCUT2D eigenvalue weighted by molar-refractivity contribution is 5.93. The van der Waals surface area contributed by atoms with Gasteiger partial charge in [0.15, 0.2) is 5.78 Å². The molecule has 2 rings (SSSR count). The highest BCUT2D eigenvalue weighted by Crippen LogP contribution is 2.41. The molecule has 35 heavy (non-hydrogen) atoms. The SMILES string of the molecule is CCn1c(C(=O)NCCN(C)C)ccc1C(CC)(CC)c1ccc(OCC(=O)C(C)(C)C)c(C)c1. The molecular weight excluding hydrogens is 438 g/mol. The molecule has 0 unspecified atom stereocenters. The van der Waals surface area contributed by atoms with E-state index in [0.29, 0.717) is 12.2 Å². The zero-order valence-electron chi connectivity index (χ0n) is 23.2. The minimum atomic E-state index is -0.421. The van der Waals surface area contributed by atoms with Crippen molar-refractivity contribution >= 4 is 11.7 Å².